The van der Waals surface area contributed by atoms with E-state index in [0.717, 1.165) is 50.7 Å². The summed E-state index contributed by atoms with van der Waals surface area (Å²) in [5.74, 6) is 0.239. The Hall–Kier alpha value is -1.72. The molecule has 5 heteroatoms. The highest BCUT2D eigenvalue weighted by atomic mass is 16.3. The van der Waals surface area contributed by atoms with E-state index in [1.165, 1.54) is 11.3 Å². The zero-order valence-electron chi connectivity index (χ0n) is 14.2. The molecule has 1 aliphatic heterocycles. The lowest BCUT2D eigenvalue weighted by Gasteiger charge is -2.42. The Labute approximate surface area is 143 Å². The van der Waals surface area contributed by atoms with Crippen LogP contribution < -0.4 is 0 Å². The summed E-state index contributed by atoms with van der Waals surface area (Å²) in [4.78, 5) is 15.5. The molecule has 2 aliphatic rings. The lowest BCUT2D eigenvalue weighted by molar-refractivity contribution is -0.131. The number of nitrogens with zero attached hydrogens (tertiary/aromatic N) is 2. The molecule has 2 unspecified atom stereocenters. The second kappa shape index (κ2) is 7.45. The van der Waals surface area contributed by atoms with Crippen molar-refractivity contribution in [3.63, 3.8) is 0 Å². The van der Waals surface area contributed by atoms with Gasteiger partial charge in [0, 0.05) is 13.1 Å². The van der Waals surface area contributed by atoms with Crippen molar-refractivity contribution in [2.75, 3.05) is 26.2 Å². The van der Waals surface area contributed by atoms with Gasteiger partial charge in [0.2, 0.25) is 5.91 Å². The molecular weight excluding hydrogens is 302 g/mol. The normalized spacial score (nSPS) is 28.8. The summed E-state index contributed by atoms with van der Waals surface area (Å²) in [6.07, 6.45) is 6.12. The van der Waals surface area contributed by atoms with Crippen molar-refractivity contribution in [2.45, 2.75) is 37.7 Å². The molecule has 2 fully saturated rings. The average Bonchev–Trinajstić information content (AvgIpc) is 2.62. The molecule has 24 heavy (non-hydrogen) atoms. The van der Waals surface area contributed by atoms with Crippen molar-refractivity contribution in [3.05, 3.63) is 35.9 Å². The van der Waals surface area contributed by atoms with Gasteiger partial charge in [-0.25, -0.2) is 0 Å². The molecule has 0 bridgehead atoms. The van der Waals surface area contributed by atoms with Crippen LogP contribution in [0.1, 0.15) is 37.7 Å². The first kappa shape index (κ1) is 17.1. The molecule has 5 nitrogen and oxygen atoms in total. The van der Waals surface area contributed by atoms with Gasteiger partial charge in [-0.3, -0.25) is 15.1 Å². The highest BCUT2D eigenvalue weighted by Crippen LogP contribution is 2.43. The largest absolute Gasteiger partial charge is 0.385 e. The number of amides is 1. The Morgan fingerprint density at radius 3 is 2.75 bits per heavy atom. The highest BCUT2D eigenvalue weighted by molar-refractivity contribution is 5.88. The molecule has 1 saturated carbocycles. The summed E-state index contributed by atoms with van der Waals surface area (Å²) in [5.41, 5.74) is 0.291. The van der Waals surface area contributed by atoms with Gasteiger partial charge in [-0.05, 0) is 37.3 Å². The van der Waals surface area contributed by atoms with Gasteiger partial charge < -0.3 is 10.0 Å². The topological polar surface area (TPSA) is 67.6 Å². The Balaban J connectivity index is 1.63. The standard InChI is InChI=1S/C19H27N3O2/c20-15-22-13-12-21(14-18(22)23)11-9-17-8-4-5-10-19(17,24)16-6-2-1-3-7-16/h1-3,6-7,15,17,20,24H,4-5,8-14H2. The second-order valence-corrected chi connectivity index (χ2v) is 7.01. The fourth-order valence-corrected chi connectivity index (χ4v) is 4.12. The molecule has 1 aliphatic carbocycles. The van der Waals surface area contributed by atoms with Crippen LogP contribution in [0.5, 0.6) is 0 Å². The predicted octanol–water partition coefficient (Wildman–Crippen LogP) is 2.21. The van der Waals surface area contributed by atoms with Crippen molar-refractivity contribution in [3.8, 4) is 0 Å². The molecular formula is C19H27N3O2. The highest BCUT2D eigenvalue weighted by Gasteiger charge is 2.40. The minimum atomic E-state index is -0.736. The quantitative estimate of drug-likeness (QED) is 0.643. The van der Waals surface area contributed by atoms with Gasteiger partial charge in [-0.15, -0.1) is 0 Å². The summed E-state index contributed by atoms with van der Waals surface area (Å²) in [7, 11) is 0. The van der Waals surface area contributed by atoms with E-state index in [0.29, 0.717) is 13.1 Å². The molecule has 1 saturated heterocycles. The Morgan fingerprint density at radius 2 is 2.04 bits per heavy atom. The number of nitrogens with one attached hydrogen (secondary N) is 1. The Kier molecular flexibility index (Phi) is 5.31. The molecule has 2 atom stereocenters. The van der Waals surface area contributed by atoms with E-state index in [1.54, 1.807) is 0 Å². The van der Waals surface area contributed by atoms with Crippen molar-refractivity contribution in [2.24, 2.45) is 5.92 Å². The number of hydrogen-bond donors (Lipinski definition) is 2. The third-order valence-corrected chi connectivity index (χ3v) is 5.60. The number of benzene rings is 1. The Morgan fingerprint density at radius 1 is 1.25 bits per heavy atom. The summed E-state index contributed by atoms with van der Waals surface area (Å²) in [6.45, 7) is 2.61. The molecule has 0 spiro atoms. The third kappa shape index (κ3) is 3.52. The summed E-state index contributed by atoms with van der Waals surface area (Å²) < 4.78 is 0. The fourth-order valence-electron chi connectivity index (χ4n) is 4.12. The van der Waals surface area contributed by atoms with Gasteiger partial charge in [0.25, 0.3) is 0 Å². The number of hydrogen-bond acceptors (Lipinski definition) is 4. The van der Waals surface area contributed by atoms with Gasteiger partial charge in [0.1, 0.15) is 0 Å². The van der Waals surface area contributed by atoms with E-state index in [1.807, 2.05) is 30.3 Å². The molecule has 0 radical (unpaired) electrons. The minimum Gasteiger partial charge on any atom is -0.385 e. The molecule has 2 N–H and O–H groups in total. The first-order valence-electron chi connectivity index (χ1n) is 8.94. The number of rotatable bonds is 5. The van der Waals surface area contributed by atoms with E-state index in [2.05, 4.69) is 4.90 Å². The summed E-state index contributed by atoms with van der Waals surface area (Å²) >= 11 is 0. The van der Waals surface area contributed by atoms with E-state index < -0.39 is 5.60 Å². The van der Waals surface area contributed by atoms with Gasteiger partial charge >= 0.3 is 0 Å². The van der Waals surface area contributed by atoms with Gasteiger partial charge in [-0.1, -0.05) is 43.2 Å². The van der Waals surface area contributed by atoms with E-state index in [4.69, 9.17) is 5.41 Å². The van der Waals surface area contributed by atoms with Crippen LogP contribution in [0.25, 0.3) is 0 Å². The minimum absolute atomic E-state index is 0.00165. The van der Waals surface area contributed by atoms with E-state index >= 15 is 0 Å². The average molecular weight is 329 g/mol. The molecule has 0 aromatic heterocycles. The van der Waals surface area contributed by atoms with Crippen LogP contribution in [0.15, 0.2) is 30.3 Å². The number of piperazine rings is 1. The van der Waals surface area contributed by atoms with Crippen molar-refractivity contribution < 1.29 is 9.90 Å². The fraction of sp³-hybridized carbons (Fsp3) is 0.579. The zero-order valence-corrected chi connectivity index (χ0v) is 14.2. The van der Waals surface area contributed by atoms with Crippen LogP contribution in [-0.2, 0) is 10.4 Å². The molecule has 1 aromatic rings. The van der Waals surface area contributed by atoms with E-state index in [9.17, 15) is 9.90 Å². The SMILES string of the molecule is N=CN1CCN(CCC2CCCCC2(O)c2ccccc2)CC1=O. The second-order valence-electron chi connectivity index (χ2n) is 7.01. The molecule has 3 rings (SSSR count). The van der Waals surface area contributed by atoms with Gasteiger partial charge in [0.15, 0.2) is 0 Å². The number of carbonyl (C=O) groups is 1. The number of aliphatic hydroxyl groups is 1. The molecule has 130 valence electrons. The number of carbonyl (C=O) groups excluding carboxylic acids is 1. The van der Waals surface area contributed by atoms with Gasteiger partial charge in [0.05, 0.1) is 18.5 Å². The van der Waals surface area contributed by atoms with Crippen LogP contribution >= 0.6 is 0 Å². The lowest BCUT2D eigenvalue weighted by atomic mass is 9.70. The zero-order chi connectivity index (χ0) is 17.0. The molecule has 1 aromatic carbocycles. The predicted molar refractivity (Wildman–Crippen MR) is 93.9 cm³/mol. The monoisotopic (exact) mass is 329 g/mol. The van der Waals surface area contributed by atoms with Crippen LogP contribution in [0, 0.1) is 11.3 Å². The van der Waals surface area contributed by atoms with Crippen LogP contribution in [0.3, 0.4) is 0 Å². The maximum Gasteiger partial charge on any atom is 0.241 e. The van der Waals surface area contributed by atoms with E-state index in [-0.39, 0.29) is 11.8 Å². The van der Waals surface area contributed by atoms with Crippen molar-refractivity contribution >= 4 is 12.2 Å². The van der Waals surface area contributed by atoms with Crippen LogP contribution in [-0.4, -0.2) is 53.3 Å². The van der Waals surface area contributed by atoms with Crippen molar-refractivity contribution in [1.29, 1.82) is 5.41 Å². The van der Waals surface area contributed by atoms with Gasteiger partial charge in [-0.2, -0.15) is 0 Å². The molecule has 1 amide bonds. The summed E-state index contributed by atoms with van der Waals surface area (Å²) in [5, 5.41) is 18.6. The lowest BCUT2D eigenvalue weighted by Crippen LogP contribution is -2.50. The Bertz CT molecular complexity index is 577. The first-order chi connectivity index (χ1) is 11.6. The maximum atomic E-state index is 11.9. The maximum absolute atomic E-state index is 11.9. The van der Waals surface area contributed by atoms with Crippen molar-refractivity contribution in [1.82, 2.24) is 9.80 Å². The van der Waals surface area contributed by atoms with Crippen LogP contribution in [0.2, 0.25) is 0 Å². The molecule has 1 heterocycles. The first-order valence-corrected chi connectivity index (χ1v) is 8.94. The smallest absolute Gasteiger partial charge is 0.241 e. The summed E-state index contributed by atoms with van der Waals surface area (Å²) in [6, 6.07) is 10.0. The third-order valence-electron chi connectivity index (χ3n) is 5.60. The van der Waals surface area contributed by atoms with Crippen LogP contribution in [0.4, 0.5) is 0 Å².